The van der Waals surface area contributed by atoms with E-state index in [1.807, 2.05) is 18.2 Å². The third kappa shape index (κ3) is 4.03. The Hall–Kier alpha value is -2.17. The molecule has 0 spiro atoms. The van der Waals surface area contributed by atoms with Gasteiger partial charge >= 0.3 is 0 Å². The van der Waals surface area contributed by atoms with Crippen molar-refractivity contribution in [1.82, 2.24) is 10.2 Å². The van der Waals surface area contributed by atoms with Crippen LogP contribution in [0.3, 0.4) is 0 Å². The zero-order valence-electron chi connectivity index (χ0n) is 16.8. The van der Waals surface area contributed by atoms with Crippen molar-refractivity contribution in [3.63, 3.8) is 0 Å². The summed E-state index contributed by atoms with van der Waals surface area (Å²) in [4.78, 5) is 26.9. The summed E-state index contributed by atoms with van der Waals surface area (Å²) in [5.41, 5.74) is 0.166. The van der Waals surface area contributed by atoms with Crippen LogP contribution in [0, 0.1) is 16.7 Å². The average Bonchev–Trinajstić information content (AvgIpc) is 3.14. The number of hydrogen-bond donors (Lipinski definition) is 2. The first-order valence-corrected chi connectivity index (χ1v) is 10.9. The fourth-order valence-electron chi connectivity index (χ4n) is 5.17. The molecule has 1 heterocycles. The summed E-state index contributed by atoms with van der Waals surface area (Å²) < 4.78 is 13.6. The number of hydrogen-bond acceptors (Lipinski definition) is 4. The van der Waals surface area contributed by atoms with Gasteiger partial charge in [-0.15, -0.1) is 0 Å². The maximum Gasteiger partial charge on any atom is 0.237 e. The zero-order valence-corrected chi connectivity index (χ0v) is 17.6. The van der Waals surface area contributed by atoms with Gasteiger partial charge in [0.1, 0.15) is 12.2 Å². The summed E-state index contributed by atoms with van der Waals surface area (Å²) in [6, 6.07) is 8.50. The van der Waals surface area contributed by atoms with Crippen LogP contribution in [0.1, 0.15) is 44.9 Å². The molecule has 160 valence electrons. The molecule has 2 amide bonds. The van der Waals surface area contributed by atoms with Crippen molar-refractivity contribution in [2.75, 3.05) is 18.4 Å². The first-order chi connectivity index (χ1) is 14.3. The summed E-state index contributed by atoms with van der Waals surface area (Å²) >= 11 is 6.01. The number of anilines is 1. The summed E-state index contributed by atoms with van der Waals surface area (Å²) in [7, 11) is 0. The molecule has 0 radical (unpaired) electrons. The molecule has 2 bridgehead atoms. The number of nitrogens with one attached hydrogen (secondary N) is 2. The normalized spacial score (nSPS) is 32.6. The van der Waals surface area contributed by atoms with Gasteiger partial charge in [-0.1, -0.05) is 17.7 Å². The second kappa shape index (κ2) is 8.16. The van der Waals surface area contributed by atoms with E-state index in [1.165, 1.54) is 4.90 Å². The van der Waals surface area contributed by atoms with Crippen LogP contribution >= 0.6 is 11.6 Å². The Bertz CT molecular complexity index is 862. The molecule has 4 fully saturated rings. The zero-order chi connectivity index (χ0) is 21.4. The van der Waals surface area contributed by atoms with Crippen molar-refractivity contribution in [3.05, 3.63) is 29.3 Å². The van der Waals surface area contributed by atoms with E-state index in [4.69, 9.17) is 16.9 Å². The molecule has 1 aliphatic heterocycles. The molecule has 1 saturated heterocycles. The van der Waals surface area contributed by atoms with Gasteiger partial charge < -0.3 is 15.5 Å². The van der Waals surface area contributed by atoms with E-state index < -0.39 is 12.2 Å². The number of carbonyl (C=O) groups excluding carboxylic acids is 2. The van der Waals surface area contributed by atoms with E-state index >= 15 is 0 Å². The van der Waals surface area contributed by atoms with E-state index in [1.54, 1.807) is 12.1 Å². The predicted octanol–water partition coefficient (Wildman–Crippen LogP) is 3.42. The number of amides is 2. The van der Waals surface area contributed by atoms with Gasteiger partial charge in [0.05, 0.1) is 19.2 Å². The van der Waals surface area contributed by atoms with E-state index in [9.17, 15) is 14.0 Å². The number of benzene rings is 1. The Labute approximate surface area is 180 Å². The van der Waals surface area contributed by atoms with Crippen LogP contribution in [0.25, 0.3) is 0 Å². The van der Waals surface area contributed by atoms with Crippen molar-refractivity contribution in [1.29, 1.82) is 5.26 Å². The van der Waals surface area contributed by atoms with E-state index in [0.29, 0.717) is 10.7 Å². The lowest BCUT2D eigenvalue weighted by molar-refractivity contribution is -0.135. The molecule has 3 aliphatic carbocycles. The molecule has 0 aromatic heterocycles. The predicted molar refractivity (Wildman–Crippen MR) is 112 cm³/mol. The highest BCUT2D eigenvalue weighted by molar-refractivity contribution is 6.30. The maximum atomic E-state index is 13.6. The molecule has 2 atom stereocenters. The number of halogens is 2. The summed E-state index contributed by atoms with van der Waals surface area (Å²) in [5.74, 6) is -0.186. The minimum Gasteiger partial charge on any atom is -0.326 e. The molecule has 5 rings (SSSR count). The third-order valence-corrected chi connectivity index (χ3v) is 7.38. The van der Waals surface area contributed by atoms with Gasteiger partial charge in [0, 0.05) is 28.1 Å². The summed E-state index contributed by atoms with van der Waals surface area (Å²) in [6.07, 6.45) is 3.70. The lowest BCUT2D eigenvalue weighted by atomic mass is 9.57. The molecule has 4 aliphatic rings. The Morgan fingerprint density at radius 2 is 1.93 bits per heavy atom. The van der Waals surface area contributed by atoms with Gasteiger partial charge in [0.15, 0.2) is 0 Å². The first-order valence-electron chi connectivity index (χ1n) is 10.5. The molecule has 6 nitrogen and oxygen atoms in total. The fraction of sp³-hybridized carbons (Fsp3) is 0.591. The SMILES string of the molecule is N#C[C@@H]1C[C@H](F)CN1C(=O)CNC12CCC(C(=O)Nc3cccc(Cl)c3)(CC1)CC2. The van der Waals surface area contributed by atoms with Crippen LogP contribution < -0.4 is 10.6 Å². The van der Waals surface area contributed by atoms with Crippen LogP contribution in [-0.4, -0.2) is 47.6 Å². The summed E-state index contributed by atoms with van der Waals surface area (Å²) in [5, 5.41) is 16.1. The number of carbonyl (C=O) groups is 2. The molecule has 3 saturated carbocycles. The summed E-state index contributed by atoms with van der Waals surface area (Å²) in [6.45, 7) is 0.102. The Morgan fingerprint density at radius 3 is 2.57 bits per heavy atom. The van der Waals surface area contributed by atoms with Gasteiger partial charge in [-0.2, -0.15) is 5.26 Å². The second-order valence-corrected chi connectivity index (χ2v) is 9.34. The van der Waals surface area contributed by atoms with Crippen LogP contribution in [-0.2, 0) is 9.59 Å². The Balaban J connectivity index is 1.33. The number of likely N-dealkylation sites (tertiary alicyclic amines) is 1. The fourth-order valence-corrected chi connectivity index (χ4v) is 5.36. The van der Waals surface area contributed by atoms with Crippen LogP contribution in [0.5, 0.6) is 0 Å². The van der Waals surface area contributed by atoms with E-state index in [2.05, 4.69) is 10.6 Å². The smallest absolute Gasteiger partial charge is 0.237 e. The number of fused-ring (bicyclic) bond motifs is 3. The van der Waals surface area contributed by atoms with Gasteiger partial charge in [-0.25, -0.2) is 4.39 Å². The molecular formula is C22H26ClFN4O2. The van der Waals surface area contributed by atoms with Gasteiger partial charge in [-0.05, 0) is 56.7 Å². The highest BCUT2D eigenvalue weighted by Gasteiger charge is 2.52. The van der Waals surface area contributed by atoms with Crippen molar-refractivity contribution in [2.45, 2.75) is 62.7 Å². The molecule has 0 unspecified atom stereocenters. The largest absolute Gasteiger partial charge is 0.326 e. The standard InChI is InChI=1S/C22H26ClFN4O2/c23-15-2-1-3-17(10-15)27-20(30)21-4-7-22(8-5-21,9-6-21)26-13-19(29)28-14-16(24)11-18(28)12-25/h1-3,10,16,18,26H,4-9,11,13-14H2,(H,27,30)/t16-,18-,21?,22?/m0/s1. The van der Waals surface area contributed by atoms with Crippen molar-refractivity contribution in [3.8, 4) is 6.07 Å². The number of rotatable bonds is 5. The topological polar surface area (TPSA) is 85.2 Å². The number of nitriles is 1. The van der Waals surface area contributed by atoms with E-state index in [0.717, 1.165) is 38.5 Å². The highest BCUT2D eigenvalue weighted by atomic mass is 35.5. The van der Waals surface area contributed by atoms with Gasteiger partial charge in [0.2, 0.25) is 11.8 Å². The molecule has 1 aromatic carbocycles. The van der Waals surface area contributed by atoms with Crippen LogP contribution in [0.2, 0.25) is 5.02 Å². The lowest BCUT2D eigenvalue weighted by Gasteiger charge is -2.52. The van der Waals surface area contributed by atoms with Crippen molar-refractivity contribution in [2.24, 2.45) is 5.41 Å². The Morgan fingerprint density at radius 1 is 1.23 bits per heavy atom. The van der Waals surface area contributed by atoms with Gasteiger partial charge in [-0.3, -0.25) is 9.59 Å². The quantitative estimate of drug-likeness (QED) is 0.746. The minimum atomic E-state index is -1.13. The van der Waals surface area contributed by atoms with Gasteiger partial charge in [0.25, 0.3) is 0 Å². The average molecular weight is 433 g/mol. The third-order valence-electron chi connectivity index (χ3n) is 7.14. The molecule has 30 heavy (non-hydrogen) atoms. The van der Waals surface area contributed by atoms with Crippen molar-refractivity contribution >= 4 is 29.1 Å². The van der Waals surface area contributed by atoms with E-state index in [-0.39, 0.29) is 42.3 Å². The minimum absolute atomic E-state index is 0.00146. The lowest BCUT2D eigenvalue weighted by Crippen LogP contribution is -2.59. The monoisotopic (exact) mass is 432 g/mol. The Kier molecular flexibility index (Phi) is 5.73. The first kappa shape index (κ1) is 21.1. The van der Waals surface area contributed by atoms with Crippen LogP contribution in [0.15, 0.2) is 24.3 Å². The van der Waals surface area contributed by atoms with Crippen LogP contribution in [0.4, 0.5) is 10.1 Å². The highest BCUT2D eigenvalue weighted by Crippen LogP contribution is 2.52. The second-order valence-electron chi connectivity index (χ2n) is 8.90. The number of nitrogens with zero attached hydrogens (tertiary/aromatic N) is 2. The molecule has 2 N–H and O–H groups in total. The maximum absolute atomic E-state index is 13.6. The molecule has 8 heteroatoms. The van der Waals surface area contributed by atoms with Crippen molar-refractivity contribution < 1.29 is 14.0 Å². The number of alkyl halides is 1. The molecule has 1 aromatic rings. The molecular weight excluding hydrogens is 407 g/mol.